The first-order chi connectivity index (χ1) is 10.8. The Bertz CT molecular complexity index is 529. The Morgan fingerprint density at radius 1 is 1.23 bits per heavy atom. The maximum Gasteiger partial charge on any atom is 0.230 e. The van der Waals surface area contributed by atoms with E-state index in [0.29, 0.717) is 11.9 Å². The van der Waals surface area contributed by atoms with Crippen molar-refractivity contribution < 1.29 is 4.79 Å². The molecule has 2 heterocycles. The van der Waals surface area contributed by atoms with E-state index in [1.807, 2.05) is 11.3 Å². The van der Waals surface area contributed by atoms with Gasteiger partial charge in [0.05, 0.1) is 5.92 Å². The van der Waals surface area contributed by atoms with Gasteiger partial charge in [-0.25, -0.2) is 0 Å². The van der Waals surface area contributed by atoms with Gasteiger partial charge in [0, 0.05) is 24.0 Å². The number of carbonyl (C=O) groups excluding carboxylic acids is 1. The highest BCUT2D eigenvalue weighted by molar-refractivity contribution is 7.10. The molecular weight excluding hydrogens is 292 g/mol. The Morgan fingerprint density at radius 3 is 2.82 bits per heavy atom. The van der Waals surface area contributed by atoms with Crippen LogP contribution in [0.4, 0.5) is 0 Å². The van der Waals surface area contributed by atoms with Gasteiger partial charge >= 0.3 is 0 Å². The zero-order valence-corrected chi connectivity index (χ0v) is 14.0. The summed E-state index contributed by atoms with van der Waals surface area (Å²) in [6.07, 6.45) is 8.46. The second-order valence-electron chi connectivity index (χ2n) is 7.20. The number of amides is 1. The van der Waals surface area contributed by atoms with Crippen molar-refractivity contribution in [3.05, 3.63) is 21.9 Å². The average Bonchev–Trinajstić information content (AvgIpc) is 3.27. The van der Waals surface area contributed by atoms with Crippen molar-refractivity contribution in [3.63, 3.8) is 0 Å². The van der Waals surface area contributed by atoms with Crippen molar-refractivity contribution in [1.82, 2.24) is 10.2 Å². The normalized spacial score (nSPS) is 26.0. The topological polar surface area (TPSA) is 32.3 Å². The molecule has 1 amide bonds. The molecule has 0 spiro atoms. The van der Waals surface area contributed by atoms with Crippen molar-refractivity contribution in [1.29, 1.82) is 0 Å². The van der Waals surface area contributed by atoms with Crippen molar-refractivity contribution in [3.8, 4) is 0 Å². The van der Waals surface area contributed by atoms with E-state index in [-0.39, 0.29) is 5.92 Å². The Labute approximate surface area is 137 Å². The van der Waals surface area contributed by atoms with Gasteiger partial charge in [-0.05, 0) is 74.4 Å². The van der Waals surface area contributed by atoms with E-state index in [9.17, 15) is 4.79 Å². The molecule has 1 atom stereocenters. The van der Waals surface area contributed by atoms with Crippen molar-refractivity contribution in [2.45, 2.75) is 56.9 Å². The molecule has 4 heteroatoms. The third-order valence-corrected chi connectivity index (χ3v) is 6.55. The first-order valence-electron chi connectivity index (χ1n) is 8.89. The highest BCUT2D eigenvalue weighted by atomic mass is 32.1. The number of nitrogens with zero attached hydrogens (tertiary/aromatic N) is 1. The van der Waals surface area contributed by atoms with Gasteiger partial charge in [-0.15, -0.1) is 11.3 Å². The Morgan fingerprint density at radius 2 is 2.05 bits per heavy atom. The van der Waals surface area contributed by atoms with E-state index in [1.54, 1.807) is 0 Å². The highest BCUT2D eigenvalue weighted by Gasteiger charge is 2.32. The van der Waals surface area contributed by atoms with Crippen molar-refractivity contribution >= 4 is 17.2 Å². The third kappa shape index (κ3) is 3.09. The molecular formula is C18H26N2OS. The fourth-order valence-electron chi connectivity index (χ4n) is 3.92. The van der Waals surface area contributed by atoms with E-state index in [4.69, 9.17) is 0 Å². The molecule has 1 aliphatic heterocycles. The summed E-state index contributed by atoms with van der Waals surface area (Å²) in [4.78, 5) is 16.5. The van der Waals surface area contributed by atoms with Gasteiger partial charge in [-0.3, -0.25) is 4.79 Å². The van der Waals surface area contributed by atoms with Gasteiger partial charge in [-0.2, -0.15) is 0 Å². The smallest absolute Gasteiger partial charge is 0.230 e. The summed E-state index contributed by atoms with van der Waals surface area (Å²) in [6, 6.07) is 2.82. The molecule has 2 fully saturated rings. The second-order valence-corrected chi connectivity index (χ2v) is 8.20. The minimum Gasteiger partial charge on any atom is -0.342 e. The summed E-state index contributed by atoms with van der Waals surface area (Å²) < 4.78 is 0. The molecule has 1 unspecified atom stereocenters. The minimum absolute atomic E-state index is 0.144. The van der Waals surface area contributed by atoms with E-state index in [2.05, 4.69) is 21.7 Å². The third-order valence-electron chi connectivity index (χ3n) is 5.55. The van der Waals surface area contributed by atoms with Crippen LogP contribution < -0.4 is 5.32 Å². The molecule has 1 saturated carbocycles. The molecule has 3 nitrogen and oxygen atoms in total. The minimum atomic E-state index is 0.144. The fourth-order valence-corrected chi connectivity index (χ4v) is 4.91. The summed E-state index contributed by atoms with van der Waals surface area (Å²) in [5.74, 6) is 1.48. The van der Waals surface area contributed by atoms with Crippen LogP contribution in [-0.2, 0) is 11.2 Å². The van der Waals surface area contributed by atoms with Crippen LogP contribution in [0.1, 0.15) is 54.9 Å². The summed E-state index contributed by atoms with van der Waals surface area (Å²) in [5, 5.41) is 5.85. The molecule has 2 aliphatic carbocycles. The molecule has 1 saturated heterocycles. The van der Waals surface area contributed by atoms with Gasteiger partial charge in [0.1, 0.15) is 0 Å². The maximum atomic E-state index is 12.9. The van der Waals surface area contributed by atoms with E-state index < -0.39 is 0 Å². The molecule has 1 aromatic rings. The van der Waals surface area contributed by atoms with Gasteiger partial charge < -0.3 is 10.2 Å². The van der Waals surface area contributed by atoms with Gasteiger partial charge in [0.2, 0.25) is 5.91 Å². The summed E-state index contributed by atoms with van der Waals surface area (Å²) >= 11 is 1.83. The molecule has 22 heavy (non-hydrogen) atoms. The van der Waals surface area contributed by atoms with Crippen LogP contribution in [0.25, 0.3) is 0 Å². The number of rotatable bonds is 4. The lowest BCUT2D eigenvalue weighted by Gasteiger charge is -2.35. The summed E-state index contributed by atoms with van der Waals surface area (Å²) in [7, 11) is 0. The molecule has 1 aromatic heterocycles. The number of hydrogen-bond donors (Lipinski definition) is 1. The quantitative estimate of drug-likeness (QED) is 0.925. The number of piperidine rings is 1. The number of likely N-dealkylation sites (tertiary alicyclic amines) is 1. The number of thiophene rings is 1. The van der Waals surface area contributed by atoms with Crippen molar-refractivity contribution in [2.24, 2.45) is 5.92 Å². The van der Waals surface area contributed by atoms with Gasteiger partial charge in [-0.1, -0.05) is 0 Å². The first kappa shape index (κ1) is 14.7. The van der Waals surface area contributed by atoms with E-state index in [1.165, 1.54) is 42.7 Å². The Hall–Kier alpha value is -0.870. The van der Waals surface area contributed by atoms with Gasteiger partial charge in [0.25, 0.3) is 0 Å². The zero-order chi connectivity index (χ0) is 14.9. The molecule has 3 aliphatic rings. The van der Waals surface area contributed by atoms with E-state index in [0.717, 1.165) is 38.3 Å². The molecule has 120 valence electrons. The van der Waals surface area contributed by atoms with Crippen LogP contribution in [-0.4, -0.2) is 36.5 Å². The molecule has 0 radical (unpaired) electrons. The van der Waals surface area contributed by atoms with E-state index >= 15 is 0 Å². The number of hydrogen-bond acceptors (Lipinski definition) is 3. The standard InChI is InChI=1S/C18H26N2OS/c21-18(16-2-1-3-17-15(16)8-11-22-17)20-9-6-14(7-10-20)19-12-13-4-5-13/h8,11,13-14,16,19H,1-7,9-10,12H2. The number of aryl methyl sites for hydroxylation is 1. The van der Waals surface area contributed by atoms with Crippen LogP contribution >= 0.6 is 11.3 Å². The zero-order valence-electron chi connectivity index (χ0n) is 13.2. The predicted molar refractivity (Wildman–Crippen MR) is 90.3 cm³/mol. The molecule has 0 aromatic carbocycles. The molecule has 0 bridgehead atoms. The fraction of sp³-hybridized carbons (Fsp3) is 0.722. The van der Waals surface area contributed by atoms with Crippen LogP contribution in [0.5, 0.6) is 0 Å². The number of carbonyl (C=O) groups is 1. The van der Waals surface area contributed by atoms with Crippen LogP contribution in [0.15, 0.2) is 11.4 Å². The molecule has 1 N–H and O–H groups in total. The predicted octanol–water partition coefficient (Wildman–Crippen LogP) is 3.16. The Balaban J connectivity index is 1.32. The van der Waals surface area contributed by atoms with Gasteiger partial charge in [0.15, 0.2) is 0 Å². The second kappa shape index (κ2) is 6.32. The molecule has 4 rings (SSSR count). The Kier molecular flexibility index (Phi) is 4.23. The SMILES string of the molecule is O=C(C1CCCc2sccc21)N1CCC(NCC2CC2)CC1. The van der Waals surface area contributed by atoms with Crippen LogP contribution in [0, 0.1) is 5.92 Å². The lowest BCUT2D eigenvalue weighted by molar-refractivity contribution is -0.134. The highest BCUT2D eigenvalue weighted by Crippen LogP contribution is 2.36. The summed E-state index contributed by atoms with van der Waals surface area (Å²) in [5.41, 5.74) is 1.33. The van der Waals surface area contributed by atoms with Crippen molar-refractivity contribution in [2.75, 3.05) is 19.6 Å². The lowest BCUT2D eigenvalue weighted by atomic mass is 9.86. The lowest BCUT2D eigenvalue weighted by Crippen LogP contribution is -2.47. The van der Waals surface area contributed by atoms with Crippen LogP contribution in [0.2, 0.25) is 0 Å². The maximum absolute atomic E-state index is 12.9. The number of fused-ring (bicyclic) bond motifs is 1. The summed E-state index contributed by atoms with van der Waals surface area (Å²) in [6.45, 7) is 3.08. The largest absolute Gasteiger partial charge is 0.342 e. The first-order valence-corrected chi connectivity index (χ1v) is 9.77. The average molecular weight is 318 g/mol. The number of nitrogens with one attached hydrogen (secondary N) is 1. The monoisotopic (exact) mass is 318 g/mol. The van der Waals surface area contributed by atoms with Crippen LogP contribution in [0.3, 0.4) is 0 Å².